The van der Waals surface area contributed by atoms with Crippen LogP contribution in [0.3, 0.4) is 0 Å². The molecule has 0 bridgehead atoms. The molecule has 0 saturated carbocycles. The number of hydrogen-bond acceptors (Lipinski definition) is 5. The first kappa shape index (κ1) is 25.2. The second kappa shape index (κ2) is 10.1. The summed E-state index contributed by atoms with van der Waals surface area (Å²) in [6, 6.07) is 24.6. The van der Waals surface area contributed by atoms with Gasteiger partial charge in [-0.15, -0.1) is 0 Å². The zero-order valence-corrected chi connectivity index (χ0v) is 22.2. The van der Waals surface area contributed by atoms with Crippen molar-refractivity contribution in [3.05, 3.63) is 127 Å². The van der Waals surface area contributed by atoms with Crippen LogP contribution in [0.25, 0.3) is 10.2 Å². The molecule has 0 amide bonds. The van der Waals surface area contributed by atoms with Crippen LogP contribution in [0.1, 0.15) is 21.5 Å². The number of anilines is 1. The van der Waals surface area contributed by atoms with Gasteiger partial charge in [-0.25, -0.2) is 8.42 Å². The van der Waals surface area contributed by atoms with Crippen molar-refractivity contribution in [3.63, 3.8) is 0 Å². The molecule has 6 nitrogen and oxygen atoms in total. The number of halogens is 2. The first-order valence-corrected chi connectivity index (χ1v) is 14.1. The first-order chi connectivity index (χ1) is 17.7. The van der Waals surface area contributed by atoms with Gasteiger partial charge in [-0.1, -0.05) is 83.1 Å². The third kappa shape index (κ3) is 5.19. The van der Waals surface area contributed by atoms with Gasteiger partial charge in [-0.3, -0.25) is 18.9 Å². The van der Waals surface area contributed by atoms with Gasteiger partial charge in [0.2, 0.25) is 0 Å². The van der Waals surface area contributed by atoms with Gasteiger partial charge in [0, 0.05) is 21.2 Å². The minimum atomic E-state index is -4.10. The Hall–Kier alpha value is -3.43. The highest BCUT2D eigenvalue weighted by Crippen LogP contribution is 2.28. The fourth-order valence-electron chi connectivity index (χ4n) is 3.90. The Morgan fingerprint density at radius 3 is 2.38 bits per heavy atom. The molecule has 1 aromatic heterocycles. The second-order valence-electron chi connectivity index (χ2n) is 8.17. The Balaban J connectivity index is 1.49. The normalized spacial score (nSPS) is 11.5. The van der Waals surface area contributed by atoms with Gasteiger partial charge in [-0.05, 0) is 48.0 Å². The van der Waals surface area contributed by atoms with E-state index >= 15 is 0 Å². The molecule has 5 aromatic rings. The molecule has 186 valence electrons. The van der Waals surface area contributed by atoms with Crippen LogP contribution < -0.4 is 9.60 Å². The number of sulfonamides is 1. The largest absolute Gasteiger partial charge is 0.308 e. The van der Waals surface area contributed by atoms with Crippen molar-refractivity contribution in [1.82, 2.24) is 4.57 Å². The molecule has 0 aliphatic rings. The number of benzene rings is 4. The molecule has 1 N–H and O–H groups in total. The Bertz CT molecular complexity index is 1810. The quantitative estimate of drug-likeness (QED) is 0.228. The number of nitrogens with zero attached hydrogens (tertiary/aromatic N) is 1. The van der Waals surface area contributed by atoms with E-state index in [1.165, 1.54) is 30.3 Å². The number of nitrogens with one attached hydrogen (secondary N) is 1. The molecule has 0 fully saturated rings. The summed E-state index contributed by atoms with van der Waals surface area (Å²) in [5.41, 5.74) is 2.00. The smallest absolute Gasteiger partial charge is 0.294 e. The topological polar surface area (TPSA) is 85.2 Å². The van der Waals surface area contributed by atoms with Crippen LogP contribution in [0.15, 0.2) is 101 Å². The van der Waals surface area contributed by atoms with E-state index in [0.717, 1.165) is 16.9 Å². The molecular formula is C27H18Cl2N2O4S2. The summed E-state index contributed by atoms with van der Waals surface area (Å²) >= 11 is 13.3. The van der Waals surface area contributed by atoms with Gasteiger partial charge in [0.25, 0.3) is 10.0 Å². The van der Waals surface area contributed by atoms with Crippen LogP contribution in [0, 0.1) is 0 Å². The van der Waals surface area contributed by atoms with E-state index in [9.17, 15) is 18.0 Å². The Morgan fingerprint density at radius 1 is 0.892 bits per heavy atom. The monoisotopic (exact) mass is 568 g/mol. The Kier molecular flexibility index (Phi) is 6.92. The minimum absolute atomic E-state index is 0.0424. The average Bonchev–Trinajstić information content (AvgIpc) is 3.20. The van der Waals surface area contributed by atoms with E-state index in [1.54, 1.807) is 47.0 Å². The van der Waals surface area contributed by atoms with Crippen molar-refractivity contribution in [2.75, 3.05) is 4.72 Å². The lowest BCUT2D eigenvalue weighted by Gasteiger charge is -2.13. The molecule has 0 aliphatic heterocycles. The SMILES string of the molecule is O=C(c1ccccc1)c1cc(Cl)ccc1NS(=O)(=O)c1ccc2c(c1)sc(=O)n2Cc1ccccc1Cl. The van der Waals surface area contributed by atoms with Crippen LogP contribution in [0.5, 0.6) is 0 Å². The predicted octanol–water partition coefficient (Wildman–Crippen LogP) is 6.45. The highest BCUT2D eigenvalue weighted by molar-refractivity contribution is 7.92. The minimum Gasteiger partial charge on any atom is -0.294 e. The maximum absolute atomic E-state index is 13.3. The lowest BCUT2D eigenvalue weighted by molar-refractivity contribution is 0.103. The maximum Gasteiger partial charge on any atom is 0.308 e. The number of carbonyl (C=O) groups is 1. The molecule has 0 atom stereocenters. The van der Waals surface area contributed by atoms with Crippen molar-refractivity contribution in [3.8, 4) is 0 Å². The molecule has 37 heavy (non-hydrogen) atoms. The molecule has 0 unspecified atom stereocenters. The van der Waals surface area contributed by atoms with E-state index in [2.05, 4.69) is 4.72 Å². The first-order valence-electron chi connectivity index (χ1n) is 11.0. The average molecular weight is 569 g/mol. The van der Waals surface area contributed by atoms with E-state index < -0.39 is 10.0 Å². The van der Waals surface area contributed by atoms with Crippen molar-refractivity contribution in [2.45, 2.75) is 11.4 Å². The number of fused-ring (bicyclic) bond motifs is 1. The lowest BCUT2D eigenvalue weighted by atomic mass is 10.0. The zero-order valence-electron chi connectivity index (χ0n) is 19.0. The number of carbonyl (C=O) groups excluding carboxylic acids is 1. The van der Waals surface area contributed by atoms with Gasteiger partial charge in [-0.2, -0.15) is 0 Å². The highest BCUT2D eigenvalue weighted by Gasteiger charge is 2.21. The Morgan fingerprint density at radius 2 is 1.62 bits per heavy atom. The highest BCUT2D eigenvalue weighted by atomic mass is 35.5. The van der Waals surface area contributed by atoms with E-state index in [4.69, 9.17) is 23.2 Å². The summed E-state index contributed by atoms with van der Waals surface area (Å²) in [7, 11) is -4.10. The Labute approximate surface area is 226 Å². The van der Waals surface area contributed by atoms with Gasteiger partial charge >= 0.3 is 4.87 Å². The third-order valence-electron chi connectivity index (χ3n) is 5.74. The molecule has 0 spiro atoms. The van der Waals surface area contributed by atoms with E-state index in [0.29, 0.717) is 25.8 Å². The molecule has 0 aliphatic carbocycles. The van der Waals surface area contributed by atoms with Crippen LogP contribution in [-0.2, 0) is 16.6 Å². The number of thiazole rings is 1. The zero-order chi connectivity index (χ0) is 26.2. The molecular weight excluding hydrogens is 551 g/mol. The molecule has 4 aromatic carbocycles. The summed E-state index contributed by atoms with van der Waals surface area (Å²) in [4.78, 5) is 25.5. The van der Waals surface area contributed by atoms with Gasteiger partial charge in [0.05, 0.1) is 27.3 Å². The maximum atomic E-state index is 13.3. The van der Waals surface area contributed by atoms with Crippen LogP contribution >= 0.6 is 34.5 Å². The molecule has 0 radical (unpaired) electrons. The second-order valence-corrected chi connectivity index (χ2v) is 11.7. The van der Waals surface area contributed by atoms with E-state index in [-0.39, 0.29) is 33.3 Å². The third-order valence-corrected chi connectivity index (χ3v) is 8.65. The number of ketones is 1. The van der Waals surface area contributed by atoms with Gasteiger partial charge in [0.1, 0.15) is 0 Å². The fraction of sp³-hybridized carbons (Fsp3) is 0.0370. The standard InChI is InChI=1S/C27H18Cl2N2O4S2/c28-19-10-12-23(21(14-19)26(32)17-6-2-1-3-7-17)30-37(34,35)20-11-13-24-25(15-20)36-27(33)31(24)16-18-8-4-5-9-22(18)29/h1-15,30H,16H2. The van der Waals surface area contributed by atoms with Crippen molar-refractivity contribution in [1.29, 1.82) is 0 Å². The molecule has 10 heteroatoms. The number of rotatable bonds is 7. The summed E-state index contributed by atoms with van der Waals surface area (Å²) in [6.07, 6.45) is 0. The van der Waals surface area contributed by atoms with Gasteiger partial charge < -0.3 is 0 Å². The summed E-state index contributed by atoms with van der Waals surface area (Å²) in [5, 5.41) is 0.842. The van der Waals surface area contributed by atoms with Crippen molar-refractivity contribution < 1.29 is 13.2 Å². The lowest BCUT2D eigenvalue weighted by Crippen LogP contribution is -2.16. The predicted molar refractivity (Wildman–Crippen MR) is 149 cm³/mol. The van der Waals surface area contributed by atoms with Crippen LogP contribution in [0.4, 0.5) is 5.69 Å². The van der Waals surface area contributed by atoms with Crippen LogP contribution in [-0.4, -0.2) is 18.8 Å². The van der Waals surface area contributed by atoms with Crippen LogP contribution in [0.2, 0.25) is 10.0 Å². The number of aromatic nitrogens is 1. The van der Waals surface area contributed by atoms with Gasteiger partial charge in [0.15, 0.2) is 5.78 Å². The number of hydrogen-bond donors (Lipinski definition) is 1. The van der Waals surface area contributed by atoms with Crippen molar-refractivity contribution in [2.24, 2.45) is 0 Å². The summed E-state index contributed by atoms with van der Waals surface area (Å²) < 4.78 is 31.2. The van der Waals surface area contributed by atoms with E-state index in [1.807, 2.05) is 18.2 Å². The molecule has 1 heterocycles. The summed E-state index contributed by atoms with van der Waals surface area (Å²) in [6.45, 7) is 0.262. The molecule has 5 rings (SSSR count). The summed E-state index contributed by atoms with van der Waals surface area (Å²) in [5.74, 6) is -0.369. The molecule has 0 saturated heterocycles. The fourth-order valence-corrected chi connectivity index (χ4v) is 6.38. The van der Waals surface area contributed by atoms with Crippen molar-refractivity contribution >= 4 is 66.2 Å².